The molecular formula is C18H23FN2O2. The minimum Gasteiger partial charge on any atom is -0.354 e. The van der Waals surface area contributed by atoms with Crippen LogP contribution in [0.25, 0.3) is 0 Å². The smallest absolute Gasteiger partial charge is 0.251 e. The van der Waals surface area contributed by atoms with Crippen molar-refractivity contribution in [2.45, 2.75) is 32.6 Å². The molecule has 0 saturated heterocycles. The molecule has 124 valence electrons. The van der Waals surface area contributed by atoms with E-state index >= 15 is 0 Å². The van der Waals surface area contributed by atoms with Crippen molar-refractivity contribution < 1.29 is 14.0 Å². The van der Waals surface area contributed by atoms with Gasteiger partial charge in [-0.15, -0.1) is 0 Å². The molecule has 3 atom stereocenters. The molecule has 5 heteroatoms. The van der Waals surface area contributed by atoms with Gasteiger partial charge in [0.15, 0.2) is 0 Å². The summed E-state index contributed by atoms with van der Waals surface area (Å²) in [5.41, 5.74) is 0.812. The van der Waals surface area contributed by atoms with Crippen molar-refractivity contribution in [2.75, 3.05) is 13.1 Å². The fourth-order valence-electron chi connectivity index (χ4n) is 3.89. The molecule has 3 rings (SSSR count). The van der Waals surface area contributed by atoms with Gasteiger partial charge in [-0.1, -0.05) is 12.5 Å². The van der Waals surface area contributed by atoms with Crippen molar-refractivity contribution in [1.29, 1.82) is 0 Å². The lowest BCUT2D eigenvalue weighted by molar-refractivity contribution is -0.126. The second-order valence-electron chi connectivity index (χ2n) is 6.79. The summed E-state index contributed by atoms with van der Waals surface area (Å²) < 4.78 is 13.4. The minimum absolute atomic E-state index is 0.118. The summed E-state index contributed by atoms with van der Waals surface area (Å²) in [6.45, 7) is 2.41. The number of nitrogens with one attached hydrogen (secondary N) is 2. The van der Waals surface area contributed by atoms with E-state index in [1.165, 1.54) is 25.3 Å². The number of aryl methyl sites for hydroxylation is 1. The first-order valence-electron chi connectivity index (χ1n) is 8.36. The third-order valence-electron chi connectivity index (χ3n) is 5.22. The summed E-state index contributed by atoms with van der Waals surface area (Å²) in [6, 6.07) is 4.42. The maximum atomic E-state index is 13.4. The number of benzene rings is 1. The fourth-order valence-corrected chi connectivity index (χ4v) is 3.89. The number of hydrogen-bond acceptors (Lipinski definition) is 2. The van der Waals surface area contributed by atoms with Crippen LogP contribution in [0.15, 0.2) is 18.2 Å². The summed E-state index contributed by atoms with van der Waals surface area (Å²) in [6.07, 6.45) is 4.68. The molecule has 23 heavy (non-hydrogen) atoms. The summed E-state index contributed by atoms with van der Waals surface area (Å²) in [4.78, 5) is 24.1. The van der Waals surface area contributed by atoms with Gasteiger partial charge in [0.2, 0.25) is 5.91 Å². The molecule has 2 N–H and O–H groups in total. The predicted molar refractivity (Wildman–Crippen MR) is 85.4 cm³/mol. The molecule has 2 fully saturated rings. The average molecular weight is 318 g/mol. The Morgan fingerprint density at radius 3 is 2.61 bits per heavy atom. The Balaban J connectivity index is 1.40. The number of amides is 2. The number of carbonyl (C=O) groups is 2. The molecule has 2 bridgehead atoms. The lowest BCUT2D eigenvalue weighted by atomic mass is 9.88. The van der Waals surface area contributed by atoms with Gasteiger partial charge in [-0.3, -0.25) is 9.59 Å². The summed E-state index contributed by atoms with van der Waals surface area (Å²) >= 11 is 0. The summed E-state index contributed by atoms with van der Waals surface area (Å²) in [5.74, 6) is 0.876. The zero-order valence-electron chi connectivity index (χ0n) is 13.4. The van der Waals surface area contributed by atoms with Gasteiger partial charge in [0, 0.05) is 24.6 Å². The summed E-state index contributed by atoms with van der Waals surface area (Å²) in [5, 5.41) is 5.61. The molecule has 2 amide bonds. The number of carbonyl (C=O) groups excluding carboxylic acids is 2. The molecule has 3 unspecified atom stereocenters. The highest BCUT2D eigenvalue weighted by Gasteiger charge is 2.42. The van der Waals surface area contributed by atoms with E-state index in [1.807, 2.05) is 0 Å². The first kappa shape index (κ1) is 16.0. The zero-order valence-corrected chi connectivity index (χ0v) is 13.4. The Bertz CT molecular complexity index is 617. The van der Waals surface area contributed by atoms with Crippen molar-refractivity contribution in [3.05, 3.63) is 35.1 Å². The maximum Gasteiger partial charge on any atom is 0.251 e. The van der Waals surface area contributed by atoms with Crippen LogP contribution in [0.2, 0.25) is 0 Å². The first-order valence-corrected chi connectivity index (χ1v) is 8.36. The quantitative estimate of drug-likeness (QED) is 0.819. The van der Waals surface area contributed by atoms with E-state index in [0.29, 0.717) is 30.1 Å². The van der Waals surface area contributed by atoms with Gasteiger partial charge in [-0.05, 0) is 55.7 Å². The largest absolute Gasteiger partial charge is 0.354 e. The van der Waals surface area contributed by atoms with E-state index in [9.17, 15) is 14.0 Å². The Kier molecular flexibility index (Phi) is 4.64. The molecule has 0 aromatic heterocycles. The SMILES string of the molecule is Cc1ccc(C(=O)NCCNC(=O)C2CC3CCC2C3)cc1F. The molecular weight excluding hydrogens is 295 g/mol. The van der Waals surface area contributed by atoms with E-state index < -0.39 is 0 Å². The molecule has 2 aliphatic carbocycles. The van der Waals surface area contributed by atoms with Gasteiger partial charge in [0.1, 0.15) is 5.82 Å². The molecule has 0 heterocycles. The molecule has 1 aromatic rings. The standard InChI is InChI=1S/C18H23FN2O2/c1-11-2-4-14(10-16(11)19)17(22)20-6-7-21-18(23)15-9-12-3-5-13(15)8-12/h2,4,10,12-13,15H,3,5-9H2,1H3,(H,20,22)(H,21,23). The van der Waals surface area contributed by atoms with E-state index in [0.717, 1.165) is 12.3 Å². The van der Waals surface area contributed by atoms with Crippen molar-refractivity contribution in [1.82, 2.24) is 10.6 Å². The van der Waals surface area contributed by atoms with Gasteiger partial charge in [0.25, 0.3) is 5.91 Å². The lowest BCUT2D eigenvalue weighted by Crippen LogP contribution is -2.39. The van der Waals surface area contributed by atoms with Crippen LogP contribution in [-0.2, 0) is 4.79 Å². The molecule has 1 aromatic carbocycles. The van der Waals surface area contributed by atoms with E-state index in [2.05, 4.69) is 10.6 Å². The first-order chi connectivity index (χ1) is 11.0. The minimum atomic E-state index is -0.387. The summed E-state index contributed by atoms with van der Waals surface area (Å²) in [7, 11) is 0. The molecule has 2 aliphatic rings. The van der Waals surface area contributed by atoms with Crippen LogP contribution in [0.5, 0.6) is 0 Å². The normalized spacial score (nSPS) is 25.4. The van der Waals surface area contributed by atoms with Crippen LogP contribution >= 0.6 is 0 Å². The van der Waals surface area contributed by atoms with Crippen molar-refractivity contribution in [2.24, 2.45) is 17.8 Å². The predicted octanol–water partition coefficient (Wildman–Crippen LogP) is 2.42. The van der Waals surface area contributed by atoms with Gasteiger partial charge in [0.05, 0.1) is 0 Å². The number of halogens is 1. The topological polar surface area (TPSA) is 58.2 Å². The van der Waals surface area contributed by atoms with E-state index in [4.69, 9.17) is 0 Å². The molecule has 0 spiro atoms. The third-order valence-corrected chi connectivity index (χ3v) is 5.22. The number of hydrogen-bond donors (Lipinski definition) is 2. The van der Waals surface area contributed by atoms with Gasteiger partial charge < -0.3 is 10.6 Å². The third kappa shape index (κ3) is 3.54. The maximum absolute atomic E-state index is 13.4. The molecule has 0 radical (unpaired) electrons. The number of rotatable bonds is 5. The van der Waals surface area contributed by atoms with Crippen LogP contribution in [0.3, 0.4) is 0 Å². The van der Waals surface area contributed by atoms with E-state index in [-0.39, 0.29) is 23.5 Å². The van der Waals surface area contributed by atoms with Gasteiger partial charge >= 0.3 is 0 Å². The van der Waals surface area contributed by atoms with E-state index in [1.54, 1.807) is 19.1 Å². The van der Waals surface area contributed by atoms with Crippen molar-refractivity contribution in [3.63, 3.8) is 0 Å². The second kappa shape index (κ2) is 6.69. The van der Waals surface area contributed by atoms with Crippen LogP contribution < -0.4 is 10.6 Å². The van der Waals surface area contributed by atoms with Crippen LogP contribution in [0.1, 0.15) is 41.6 Å². The van der Waals surface area contributed by atoms with Crippen LogP contribution in [0, 0.1) is 30.5 Å². The average Bonchev–Trinajstić information content (AvgIpc) is 3.16. The van der Waals surface area contributed by atoms with Crippen molar-refractivity contribution >= 4 is 11.8 Å². The Labute approximate surface area is 135 Å². The van der Waals surface area contributed by atoms with Gasteiger partial charge in [-0.25, -0.2) is 4.39 Å². The Morgan fingerprint density at radius 2 is 1.96 bits per heavy atom. The second-order valence-corrected chi connectivity index (χ2v) is 6.79. The molecule has 4 nitrogen and oxygen atoms in total. The highest BCUT2D eigenvalue weighted by Crippen LogP contribution is 2.48. The zero-order chi connectivity index (χ0) is 16.4. The molecule has 0 aliphatic heterocycles. The lowest BCUT2D eigenvalue weighted by Gasteiger charge is -2.20. The highest BCUT2D eigenvalue weighted by atomic mass is 19.1. The van der Waals surface area contributed by atoms with Gasteiger partial charge in [-0.2, -0.15) is 0 Å². The fraction of sp³-hybridized carbons (Fsp3) is 0.556. The Hall–Kier alpha value is -1.91. The van der Waals surface area contributed by atoms with Crippen LogP contribution in [0.4, 0.5) is 4.39 Å². The van der Waals surface area contributed by atoms with Crippen LogP contribution in [-0.4, -0.2) is 24.9 Å². The monoisotopic (exact) mass is 318 g/mol. The van der Waals surface area contributed by atoms with Crippen molar-refractivity contribution in [3.8, 4) is 0 Å². The highest BCUT2D eigenvalue weighted by molar-refractivity contribution is 5.94. The Morgan fingerprint density at radius 1 is 1.17 bits per heavy atom. The molecule has 2 saturated carbocycles. The number of fused-ring (bicyclic) bond motifs is 2.